The molecular weight excluding hydrogens is 514 g/mol. The molecule has 0 atom stereocenters. The van der Waals surface area contributed by atoms with E-state index in [0.29, 0.717) is 0 Å². The summed E-state index contributed by atoms with van der Waals surface area (Å²) in [7, 11) is 0. The molecule has 2 rings (SSSR count). The summed E-state index contributed by atoms with van der Waals surface area (Å²) in [5, 5.41) is 19.2. The van der Waals surface area contributed by atoms with Gasteiger partial charge in [0.2, 0.25) is 5.78 Å². The lowest BCUT2D eigenvalue weighted by Gasteiger charge is -2.15. The van der Waals surface area contributed by atoms with Gasteiger partial charge in [-0.2, -0.15) is 57.9 Å². The summed E-state index contributed by atoms with van der Waals surface area (Å²) < 4.78 is 156. The van der Waals surface area contributed by atoms with Gasteiger partial charge in [0.1, 0.15) is 17.4 Å². The summed E-state index contributed by atoms with van der Waals surface area (Å²) in [6, 6.07) is -0.282. The first-order valence-corrected chi connectivity index (χ1v) is 8.63. The fourth-order valence-electron chi connectivity index (χ4n) is 2.68. The van der Waals surface area contributed by atoms with Crippen LogP contribution in [-0.4, -0.2) is 10.9 Å². The fraction of sp³-hybridized carbons (Fsp3) is 0.200. The van der Waals surface area contributed by atoms with Crippen molar-refractivity contribution in [2.45, 2.75) is 24.7 Å². The van der Waals surface area contributed by atoms with E-state index in [0.717, 1.165) is 6.07 Å². The van der Waals surface area contributed by atoms with Crippen LogP contribution in [0.25, 0.3) is 5.76 Å². The molecule has 0 aliphatic rings. The van der Waals surface area contributed by atoms with Crippen molar-refractivity contribution >= 4 is 11.5 Å². The van der Waals surface area contributed by atoms with E-state index >= 15 is 0 Å². The van der Waals surface area contributed by atoms with Crippen molar-refractivity contribution < 1.29 is 62.6 Å². The standard InChI is InChI=1S/C20H7F12NO2/c21-17(22,23)10-1-8(2-11(5-10)18(24,25)26)15(34)14(7-33)16(35)9-3-12(19(27,28)29)6-13(4-9)20(30,31)32/h1-6,34H/b15-14-. The van der Waals surface area contributed by atoms with Crippen molar-refractivity contribution in [2.24, 2.45) is 0 Å². The van der Waals surface area contributed by atoms with Crippen molar-refractivity contribution in [2.75, 3.05) is 0 Å². The van der Waals surface area contributed by atoms with Gasteiger partial charge in [0.05, 0.1) is 22.3 Å². The third-order valence-electron chi connectivity index (χ3n) is 4.29. The second kappa shape index (κ2) is 8.82. The Morgan fingerprint density at radius 3 is 1.14 bits per heavy atom. The zero-order chi connectivity index (χ0) is 27.1. The number of hydrogen-bond acceptors (Lipinski definition) is 3. The summed E-state index contributed by atoms with van der Waals surface area (Å²) in [5.74, 6) is -3.85. The van der Waals surface area contributed by atoms with Crippen molar-refractivity contribution in [1.82, 2.24) is 0 Å². The number of hydrogen-bond donors (Lipinski definition) is 1. The summed E-state index contributed by atoms with van der Waals surface area (Å²) in [6.45, 7) is 0. The minimum Gasteiger partial charge on any atom is -0.506 e. The van der Waals surface area contributed by atoms with Crippen molar-refractivity contribution in [3.63, 3.8) is 0 Å². The molecule has 0 aromatic heterocycles. The molecule has 0 aliphatic carbocycles. The van der Waals surface area contributed by atoms with Gasteiger partial charge in [-0.15, -0.1) is 0 Å². The zero-order valence-electron chi connectivity index (χ0n) is 16.3. The van der Waals surface area contributed by atoms with Crippen LogP contribution in [0.3, 0.4) is 0 Å². The number of rotatable bonds is 3. The Morgan fingerprint density at radius 1 is 0.600 bits per heavy atom. The molecule has 0 heterocycles. The summed E-state index contributed by atoms with van der Waals surface area (Å²) in [5.41, 5.74) is -12.5. The van der Waals surface area contributed by atoms with Crippen LogP contribution in [0.4, 0.5) is 52.7 Å². The maximum atomic E-state index is 13.0. The molecule has 188 valence electrons. The highest BCUT2D eigenvalue weighted by molar-refractivity contribution is 6.15. The molecule has 0 saturated heterocycles. The van der Waals surface area contributed by atoms with E-state index in [1.54, 1.807) is 0 Å². The quantitative estimate of drug-likeness (QED) is 0.150. The molecule has 0 fully saturated rings. The molecule has 1 N–H and O–H groups in total. The van der Waals surface area contributed by atoms with E-state index in [1.807, 2.05) is 0 Å². The van der Waals surface area contributed by atoms with Gasteiger partial charge in [0.15, 0.2) is 0 Å². The van der Waals surface area contributed by atoms with E-state index in [-0.39, 0.29) is 36.4 Å². The second-order valence-corrected chi connectivity index (χ2v) is 6.75. The van der Waals surface area contributed by atoms with Crippen LogP contribution in [0, 0.1) is 11.3 Å². The van der Waals surface area contributed by atoms with Crippen LogP contribution in [0.2, 0.25) is 0 Å². The number of alkyl halides is 12. The molecule has 0 unspecified atom stereocenters. The third-order valence-corrected chi connectivity index (χ3v) is 4.29. The lowest BCUT2D eigenvalue weighted by atomic mass is 9.95. The largest absolute Gasteiger partial charge is 0.506 e. The highest BCUT2D eigenvalue weighted by atomic mass is 19.4. The Hall–Kier alpha value is -3.70. The molecule has 2 aromatic rings. The highest BCUT2D eigenvalue weighted by Crippen LogP contribution is 2.39. The Morgan fingerprint density at radius 2 is 0.886 bits per heavy atom. The Bertz CT molecular complexity index is 1160. The van der Waals surface area contributed by atoms with Gasteiger partial charge in [-0.05, 0) is 36.4 Å². The molecule has 2 aromatic carbocycles. The van der Waals surface area contributed by atoms with Crippen LogP contribution >= 0.6 is 0 Å². The number of Topliss-reactive ketones (excluding diaryl/α,β-unsaturated/α-hetero) is 1. The van der Waals surface area contributed by atoms with Crippen molar-refractivity contribution in [3.8, 4) is 6.07 Å². The molecule has 0 aliphatic heterocycles. The number of ketones is 1. The van der Waals surface area contributed by atoms with Crippen LogP contribution < -0.4 is 0 Å². The number of aliphatic hydroxyl groups excluding tert-OH is 1. The first-order valence-electron chi connectivity index (χ1n) is 8.63. The van der Waals surface area contributed by atoms with Crippen LogP contribution in [-0.2, 0) is 24.7 Å². The van der Waals surface area contributed by atoms with Crippen LogP contribution in [0.1, 0.15) is 38.2 Å². The number of allylic oxidation sites excluding steroid dienone is 1. The molecular formula is C20H7F12NO2. The second-order valence-electron chi connectivity index (χ2n) is 6.75. The normalized spacial score (nSPS) is 13.8. The van der Waals surface area contributed by atoms with Gasteiger partial charge < -0.3 is 5.11 Å². The SMILES string of the molecule is N#C/C(C(=O)c1cc(C(F)(F)F)cc(C(F)(F)F)c1)=C(/O)c1cc(C(F)(F)F)cc(C(F)(F)F)c1. The average molecular weight is 521 g/mol. The molecule has 0 saturated carbocycles. The molecule has 15 heteroatoms. The van der Waals surface area contributed by atoms with Gasteiger partial charge in [-0.3, -0.25) is 4.79 Å². The number of carbonyl (C=O) groups excluding carboxylic acids is 1. The first kappa shape index (κ1) is 27.5. The lowest BCUT2D eigenvalue weighted by Crippen LogP contribution is -2.15. The molecule has 35 heavy (non-hydrogen) atoms. The zero-order valence-corrected chi connectivity index (χ0v) is 16.3. The van der Waals surface area contributed by atoms with Gasteiger partial charge in [-0.1, -0.05) is 0 Å². The molecule has 0 spiro atoms. The van der Waals surface area contributed by atoms with E-state index in [4.69, 9.17) is 5.26 Å². The van der Waals surface area contributed by atoms with Gasteiger partial charge >= 0.3 is 24.7 Å². The average Bonchev–Trinajstić information content (AvgIpc) is 2.70. The number of nitrogens with zero attached hydrogens (tertiary/aromatic N) is 1. The number of nitriles is 1. The molecule has 3 nitrogen and oxygen atoms in total. The van der Waals surface area contributed by atoms with E-state index in [9.17, 15) is 62.6 Å². The van der Waals surface area contributed by atoms with Crippen LogP contribution in [0.15, 0.2) is 42.0 Å². The van der Waals surface area contributed by atoms with E-state index < -0.39 is 75.2 Å². The van der Waals surface area contributed by atoms with Gasteiger partial charge in [0.25, 0.3) is 0 Å². The Balaban J connectivity index is 2.80. The van der Waals surface area contributed by atoms with Crippen LogP contribution in [0.5, 0.6) is 0 Å². The molecule has 0 amide bonds. The maximum absolute atomic E-state index is 13.0. The van der Waals surface area contributed by atoms with E-state index in [1.165, 1.54) is 0 Å². The maximum Gasteiger partial charge on any atom is 0.416 e. The highest BCUT2D eigenvalue weighted by Gasteiger charge is 2.39. The fourth-order valence-corrected chi connectivity index (χ4v) is 2.68. The minimum atomic E-state index is -5.42. The number of halogens is 12. The molecule has 0 radical (unpaired) electrons. The Labute approximate surface area is 186 Å². The lowest BCUT2D eigenvalue weighted by molar-refractivity contribution is -0.144. The van der Waals surface area contributed by atoms with Gasteiger partial charge in [-0.25, -0.2) is 0 Å². The predicted molar refractivity (Wildman–Crippen MR) is 92.4 cm³/mol. The summed E-state index contributed by atoms with van der Waals surface area (Å²) in [6.07, 6.45) is -21.7. The molecule has 0 bridgehead atoms. The topological polar surface area (TPSA) is 61.1 Å². The number of aliphatic hydroxyl groups is 1. The summed E-state index contributed by atoms with van der Waals surface area (Å²) >= 11 is 0. The number of carbonyl (C=O) groups is 1. The monoisotopic (exact) mass is 521 g/mol. The minimum absolute atomic E-state index is 0.0948. The first-order chi connectivity index (χ1) is 15.7. The van der Waals surface area contributed by atoms with Gasteiger partial charge in [0, 0.05) is 11.1 Å². The van der Waals surface area contributed by atoms with Crippen molar-refractivity contribution in [3.05, 3.63) is 75.4 Å². The predicted octanol–water partition coefficient (Wildman–Crippen LogP) is 7.44. The number of benzene rings is 2. The summed E-state index contributed by atoms with van der Waals surface area (Å²) in [4.78, 5) is 12.5. The third kappa shape index (κ3) is 6.25. The van der Waals surface area contributed by atoms with Crippen molar-refractivity contribution in [1.29, 1.82) is 5.26 Å². The van der Waals surface area contributed by atoms with E-state index in [2.05, 4.69) is 0 Å². The Kier molecular flexibility index (Phi) is 6.94. The smallest absolute Gasteiger partial charge is 0.416 e.